The summed E-state index contributed by atoms with van der Waals surface area (Å²) >= 11 is 0. The molecule has 1 saturated heterocycles. The molecule has 2 rings (SSSR count). The van der Waals surface area contributed by atoms with Crippen molar-refractivity contribution >= 4 is 11.9 Å². The van der Waals surface area contributed by atoms with Crippen molar-refractivity contribution in [2.75, 3.05) is 45.8 Å². The smallest absolute Gasteiger partial charge is 0.315 e. The van der Waals surface area contributed by atoms with E-state index in [0.29, 0.717) is 6.54 Å². The van der Waals surface area contributed by atoms with Crippen LogP contribution in [0.1, 0.15) is 5.56 Å². The minimum Gasteiger partial charge on any atom is -0.368 e. The summed E-state index contributed by atoms with van der Waals surface area (Å²) in [6.45, 7) is 6.28. The number of urea groups is 1. The molecule has 1 aliphatic heterocycles. The lowest BCUT2D eigenvalue weighted by Crippen LogP contribution is -2.49. The van der Waals surface area contributed by atoms with E-state index in [1.165, 1.54) is 5.56 Å². The molecule has 0 spiro atoms. The zero-order valence-electron chi connectivity index (χ0n) is 13.3. The fourth-order valence-corrected chi connectivity index (χ4v) is 2.57. The summed E-state index contributed by atoms with van der Waals surface area (Å²) in [4.78, 5) is 26.7. The van der Waals surface area contributed by atoms with Crippen molar-refractivity contribution in [3.05, 3.63) is 35.9 Å². The van der Waals surface area contributed by atoms with E-state index in [1.54, 1.807) is 0 Å². The van der Waals surface area contributed by atoms with Crippen LogP contribution in [0.15, 0.2) is 30.3 Å². The van der Waals surface area contributed by atoms with Crippen molar-refractivity contribution in [2.45, 2.75) is 6.54 Å². The quantitative estimate of drug-likeness (QED) is 0.637. The Kier molecular flexibility index (Phi) is 6.83. The molecule has 1 aliphatic rings. The number of nitrogens with zero attached hydrogens (tertiary/aromatic N) is 2. The van der Waals surface area contributed by atoms with Crippen LogP contribution in [0.3, 0.4) is 0 Å². The van der Waals surface area contributed by atoms with Crippen LogP contribution in [0.25, 0.3) is 0 Å². The molecule has 1 aromatic rings. The Morgan fingerprint density at radius 2 is 1.65 bits per heavy atom. The van der Waals surface area contributed by atoms with Crippen LogP contribution in [0.4, 0.5) is 4.79 Å². The maximum atomic E-state index is 11.4. The number of hydrogen-bond donors (Lipinski definition) is 3. The molecule has 0 saturated carbocycles. The second-order valence-electron chi connectivity index (χ2n) is 5.68. The molecule has 3 amide bonds. The normalized spacial score (nSPS) is 16.0. The first-order valence-corrected chi connectivity index (χ1v) is 7.92. The standard InChI is InChI=1S/C16H25N5O2/c17-15(22)12-19-16(23)18-6-7-20-8-10-21(11-9-20)13-14-4-2-1-3-5-14/h1-5H,6-13H2,(H2,17,22)(H2,18,19,23). The van der Waals surface area contributed by atoms with Gasteiger partial charge in [0.1, 0.15) is 0 Å². The molecule has 1 heterocycles. The molecular formula is C16H25N5O2. The Morgan fingerprint density at radius 3 is 2.30 bits per heavy atom. The lowest BCUT2D eigenvalue weighted by atomic mass is 10.2. The lowest BCUT2D eigenvalue weighted by Gasteiger charge is -2.34. The van der Waals surface area contributed by atoms with E-state index in [4.69, 9.17) is 5.73 Å². The van der Waals surface area contributed by atoms with E-state index < -0.39 is 5.91 Å². The molecule has 0 unspecified atom stereocenters. The van der Waals surface area contributed by atoms with Gasteiger partial charge in [-0.1, -0.05) is 30.3 Å². The monoisotopic (exact) mass is 319 g/mol. The molecule has 0 aliphatic carbocycles. The molecule has 0 aromatic heterocycles. The molecule has 0 bridgehead atoms. The second-order valence-corrected chi connectivity index (χ2v) is 5.68. The molecule has 0 atom stereocenters. The van der Waals surface area contributed by atoms with Gasteiger partial charge in [-0.15, -0.1) is 0 Å². The maximum absolute atomic E-state index is 11.4. The highest BCUT2D eigenvalue weighted by molar-refractivity contribution is 5.82. The number of carbonyl (C=O) groups is 2. The van der Waals surface area contributed by atoms with Gasteiger partial charge in [-0.3, -0.25) is 14.6 Å². The average molecular weight is 319 g/mol. The first-order valence-electron chi connectivity index (χ1n) is 7.92. The number of hydrogen-bond acceptors (Lipinski definition) is 4. The summed E-state index contributed by atoms with van der Waals surface area (Å²) in [5, 5.41) is 5.13. The van der Waals surface area contributed by atoms with Crippen LogP contribution < -0.4 is 16.4 Å². The summed E-state index contributed by atoms with van der Waals surface area (Å²) in [7, 11) is 0. The first kappa shape index (κ1) is 17.2. The van der Waals surface area contributed by atoms with Crippen LogP contribution in [-0.4, -0.2) is 67.6 Å². The van der Waals surface area contributed by atoms with Gasteiger partial charge in [-0.25, -0.2) is 4.79 Å². The SMILES string of the molecule is NC(=O)CNC(=O)NCCN1CCN(Cc2ccccc2)CC1. The zero-order valence-corrected chi connectivity index (χ0v) is 13.3. The summed E-state index contributed by atoms with van der Waals surface area (Å²) < 4.78 is 0. The number of piperazine rings is 1. The van der Waals surface area contributed by atoms with Gasteiger partial charge in [-0.2, -0.15) is 0 Å². The van der Waals surface area contributed by atoms with Crippen molar-refractivity contribution in [1.82, 2.24) is 20.4 Å². The predicted molar refractivity (Wildman–Crippen MR) is 88.8 cm³/mol. The minimum atomic E-state index is -0.547. The van der Waals surface area contributed by atoms with Crippen LogP contribution in [-0.2, 0) is 11.3 Å². The van der Waals surface area contributed by atoms with Gasteiger partial charge in [-0.05, 0) is 5.56 Å². The highest BCUT2D eigenvalue weighted by Gasteiger charge is 2.16. The molecule has 7 nitrogen and oxygen atoms in total. The Morgan fingerprint density at radius 1 is 1.00 bits per heavy atom. The Balaban J connectivity index is 1.58. The molecule has 126 valence electrons. The maximum Gasteiger partial charge on any atom is 0.315 e. The van der Waals surface area contributed by atoms with Gasteiger partial charge in [0.15, 0.2) is 0 Å². The molecule has 0 radical (unpaired) electrons. The van der Waals surface area contributed by atoms with Crippen molar-refractivity contribution in [3.8, 4) is 0 Å². The third-order valence-corrected chi connectivity index (χ3v) is 3.85. The van der Waals surface area contributed by atoms with Gasteiger partial charge in [0.05, 0.1) is 6.54 Å². The molecule has 23 heavy (non-hydrogen) atoms. The van der Waals surface area contributed by atoms with Crippen molar-refractivity contribution in [2.24, 2.45) is 5.73 Å². The van der Waals surface area contributed by atoms with Crippen molar-refractivity contribution in [1.29, 1.82) is 0 Å². The topological polar surface area (TPSA) is 90.7 Å². The number of benzene rings is 1. The van der Waals surface area contributed by atoms with E-state index >= 15 is 0 Å². The second kappa shape index (κ2) is 9.12. The fourth-order valence-electron chi connectivity index (χ4n) is 2.57. The summed E-state index contributed by atoms with van der Waals surface area (Å²) in [5.41, 5.74) is 6.30. The Bertz CT molecular complexity index is 500. The van der Waals surface area contributed by atoms with E-state index in [9.17, 15) is 9.59 Å². The summed E-state index contributed by atoms with van der Waals surface area (Å²) in [6.07, 6.45) is 0. The molecule has 4 N–H and O–H groups in total. The van der Waals surface area contributed by atoms with Crippen LogP contribution >= 0.6 is 0 Å². The van der Waals surface area contributed by atoms with E-state index in [1.807, 2.05) is 6.07 Å². The average Bonchev–Trinajstić information content (AvgIpc) is 2.55. The minimum absolute atomic E-state index is 0.135. The lowest BCUT2D eigenvalue weighted by molar-refractivity contribution is -0.117. The molecular weight excluding hydrogens is 294 g/mol. The van der Waals surface area contributed by atoms with Gasteiger partial charge in [0.2, 0.25) is 5.91 Å². The summed E-state index contributed by atoms with van der Waals surface area (Å²) in [6, 6.07) is 10.1. The Labute approximate surface area is 136 Å². The fraction of sp³-hybridized carbons (Fsp3) is 0.500. The number of amides is 3. The van der Waals surface area contributed by atoms with Crippen molar-refractivity contribution in [3.63, 3.8) is 0 Å². The van der Waals surface area contributed by atoms with Crippen LogP contribution in [0, 0.1) is 0 Å². The van der Waals surface area contributed by atoms with Gasteiger partial charge < -0.3 is 16.4 Å². The Hall–Kier alpha value is -2.12. The largest absolute Gasteiger partial charge is 0.368 e. The van der Waals surface area contributed by atoms with Gasteiger partial charge in [0.25, 0.3) is 0 Å². The third kappa shape index (κ3) is 6.66. The molecule has 7 heteroatoms. The summed E-state index contributed by atoms with van der Waals surface area (Å²) in [5.74, 6) is -0.547. The van der Waals surface area contributed by atoms with E-state index in [2.05, 4.69) is 44.7 Å². The predicted octanol–water partition coefficient (Wildman–Crippen LogP) is -0.411. The third-order valence-electron chi connectivity index (χ3n) is 3.85. The number of carbonyl (C=O) groups excluding carboxylic acids is 2. The van der Waals surface area contributed by atoms with Crippen molar-refractivity contribution < 1.29 is 9.59 Å². The number of nitrogens with one attached hydrogen (secondary N) is 2. The van der Waals surface area contributed by atoms with Crippen LogP contribution in [0.5, 0.6) is 0 Å². The van der Waals surface area contributed by atoms with E-state index in [-0.39, 0.29) is 12.6 Å². The zero-order chi connectivity index (χ0) is 16.5. The first-order chi connectivity index (χ1) is 11.1. The van der Waals surface area contributed by atoms with Gasteiger partial charge in [0, 0.05) is 45.8 Å². The molecule has 1 fully saturated rings. The number of primary amides is 1. The number of rotatable bonds is 7. The van der Waals surface area contributed by atoms with Crippen LogP contribution in [0.2, 0.25) is 0 Å². The highest BCUT2D eigenvalue weighted by atomic mass is 16.2. The molecule has 1 aromatic carbocycles. The highest BCUT2D eigenvalue weighted by Crippen LogP contribution is 2.07. The number of nitrogens with two attached hydrogens (primary N) is 1. The van der Waals surface area contributed by atoms with E-state index in [0.717, 1.165) is 39.3 Å². The van der Waals surface area contributed by atoms with Gasteiger partial charge >= 0.3 is 6.03 Å².